The molecule has 1 aliphatic rings. The van der Waals surface area contributed by atoms with Crippen LogP contribution >= 0.6 is 0 Å². The van der Waals surface area contributed by atoms with Crippen molar-refractivity contribution in [2.75, 3.05) is 0 Å². The van der Waals surface area contributed by atoms with Crippen LogP contribution in [0.2, 0.25) is 0 Å². The molecule has 1 N–H and O–H groups in total. The second-order valence-corrected chi connectivity index (χ2v) is 4.87. The Hall–Kier alpha value is -1.04. The third-order valence-corrected chi connectivity index (χ3v) is 3.14. The number of carbonyl (C=O) groups is 1. The van der Waals surface area contributed by atoms with Gasteiger partial charge in [0.25, 0.3) is 0 Å². The van der Waals surface area contributed by atoms with E-state index in [-0.39, 0.29) is 11.9 Å². The van der Waals surface area contributed by atoms with Gasteiger partial charge in [0.15, 0.2) is 0 Å². The lowest BCUT2D eigenvalue weighted by atomic mass is 9.63. The summed E-state index contributed by atoms with van der Waals surface area (Å²) in [5, 5.41) is 12.0. The predicted octanol–water partition coefficient (Wildman–Crippen LogP) is 2.23. The molecule has 1 amide bonds. The van der Waals surface area contributed by atoms with Crippen molar-refractivity contribution in [2.45, 2.75) is 52.5 Å². The van der Waals surface area contributed by atoms with E-state index in [2.05, 4.69) is 25.2 Å². The fourth-order valence-corrected chi connectivity index (χ4v) is 2.32. The molecule has 15 heavy (non-hydrogen) atoms. The lowest BCUT2D eigenvalue weighted by Gasteiger charge is -2.39. The molecule has 0 bridgehead atoms. The van der Waals surface area contributed by atoms with E-state index in [1.54, 1.807) is 0 Å². The molecule has 0 radical (unpaired) electrons. The predicted molar refractivity (Wildman–Crippen MR) is 59.0 cm³/mol. The summed E-state index contributed by atoms with van der Waals surface area (Å²) in [7, 11) is 0. The van der Waals surface area contributed by atoms with Crippen LogP contribution in [0, 0.1) is 22.7 Å². The van der Waals surface area contributed by atoms with Crippen molar-refractivity contribution in [3.05, 3.63) is 0 Å². The Balaban J connectivity index is 2.50. The highest BCUT2D eigenvalue weighted by molar-refractivity contribution is 5.86. The minimum absolute atomic E-state index is 0.0657. The molecule has 1 saturated carbocycles. The van der Waals surface area contributed by atoms with E-state index in [1.807, 2.05) is 6.92 Å². The second-order valence-electron chi connectivity index (χ2n) is 4.87. The Morgan fingerprint density at radius 2 is 2.27 bits per heavy atom. The molecular weight excluding hydrogens is 188 g/mol. The van der Waals surface area contributed by atoms with Crippen LogP contribution in [-0.4, -0.2) is 11.9 Å². The molecule has 3 nitrogen and oxygen atoms in total. The van der Waals surface area contributed by atoms with Gasteiger partial charge in [-0.05, 0) is 32.1 Å². The van der Waals surface area contributed by atoms with Crippen LogP contribution in [0.3, 0.4) is 0 Å². The molecule has 1 atom stereocenters. The summed E-state index contributed by atoms with van der Waals surface area (Å²) in [6.45, 7) is 6.17. The van der Waals surface area contributed by atoms with Crippen molar-refractivity contribution in [1.82, 2.24) is 5.32 Å². The van der Waals surface area contributed by atoms with Crippen LogP contribution in [0.5, 0.6) is 0 Å². The first-order chi connectivity index (χ1) is 7.04. The summed E-state index contributed by atoms with van der Waals surface area (Å²) in [5.41, 5.74) is -0.721. The highest BCUT2D eigenvalue weighted by atomic mass is 16.2. The number of carbonyl (C=O) groups excluding carboxylic acids is 1. The third-order valence-electron chi connectivity index (χ3n) is 3.14. The largest absolute Gasteiger partial charge is 0.352 e. The Bertz CT molecular complexity index is 274. The first-order valence-electron chi connectivity index (χ1n) is 5.76. The lowest BCUT2D eigenvalue weighted by molar-refractivity contribution is -0.134. The number of nitrogens with zero attached hydrogens (tertiary/aromatic N) is 1. The van der Waals surface area contributed by atoms with Crippen LogP contribution in [0.4, 0.5) is 0 Å². The Morgan fingerprint density at radius 1 is 1.67 bits per heavy atom. The maximum atomic E-state index is 11.9. The van der Waals surface area contributed by atoms with E-state index < -0.39 is 5.41 Å². The molecule has 0 aliphatic heterocycles. The minimum Gasteiger partial charge on any atom is -0.352 e. The van der Waals surface area contributed by atoms with E-state index >= 15 is 0 Å². The summed E-state index contributed by atoms with van der Waals surface area (Å²) < 4.78 is 0. The summed E-state index contributed by atoms with van der Waals surface area (Å²) in [6, 6.07) is 2.36. The molecular formula is C12H20N2O. The van der Waals surface area contributed by atoms with Crippen LogP contribution in [-0.2, 0) is 4.79 Å². The van der Waals surface area contributed by atoms with Crippen molar-refractivity contribution in [3.63, 3.8) is 0 Å². The molecule has 0 aromatic carbocycles. The minimum atomic E-state index is -0.721. The normalized spacial score (nSPS) is 31.2. The van der Waals surface area contributed by atoms with Crippen LogP contribution < -0.4 is 5.32 Å². The summed E-state index contributed by atoms with van der Waals surface area (Å²) in [6.07, 6.45) is 3.46. The van der Waals surface area contributed by atoms with E-state index in [0.29, 0.717) is 18.8 Å². The first-order valence-corrected chi connectivity index (χ1v) is 5.76. The van der Waals surface area contributed by atoms with E-state index in [1.165, 1.54) is 0 Å². The van der Waals surface area contributed by atoms with Gasteiger partial charge >= 0.3 is 0 Å². The number of hydrogen-bond acceptors (Lipinski definition) is 2. The summed E-state index contributed by atoms with van der Waals surface area (Å²) in [5.74, 6) is 0.445. The molecule has 1 rings (SSSR count). The number of nitriles is 1. The molecule has 3 heteroatoms. The molecule has 84 valence electrons. The molecule has 1 unspecified atom stereocenters. The van der Waals surface area contributed by atoms with Crippen LogP contribution in [0.15, 0.2) is 0 Å². The van der Waals surface area contributed by atoms with Gasteiger partial charge in [0.1, 0.15) is 5.41 Å². The molecule has 1 fully saturated rings. The molecule has 0 aromatic rings. The van der Waals surface area contributed by atoms with Crippen molar-refractivity contribution in [1.29, 1.82) is 5.26 Å². The summed E-state index contributed by atoms with van der Waals surface area (Å²) in [4.78, 5) is 11.9. The van der Waals surface area contributed by atoms with Gasteiger partial charge in [-0.15, -0.1) is 0 Å². The van der Waals surface area contributed by atoms with Crippen LogP contribution in [0.25, 0.3) is 0 Å². The van der Waals surface area contributed by atoms with E-state index in [0.717, 1.165) is 12.8 Å². The summed E-state index contributed by atoms with van der Waals surface area (Å²) >= 11 is 0. The van der Waals surface area contributed by atoms with Crippen molar-refractivity contribution >= 4 is 5.91 Å². The Labute approximate surface area is 91.9 Å². The van der Waals surface area contributed by atoms with Gasteiger partial charge in [-0.3, -0.25) is 4.79 Å². The monoisotopic (exact) mass is 208 g/mol. The number of hydrogen-bond donors (Lipinski definition) is 1. The standard InChI is InChI=1S/C12H20N2O/c1-4-5-10(3)14-11(15)12(8-13)6-9(2)7-12/h9-10H,4-7H2,1-3H3,(H,14,15). The zero-order chi connectivity index (χ0) is 11.5. The smallest absolute Gasteiger partial charge is 0.240 e. The molecule has 0 heterocycles. The molecule has 0 aromatic heterocycles. The maximum absolute atomic E-state index is 11.9. The van der Waals surface area contributed by atoms with Gasteiger partial charge < -0.3 is 5.32 Å². The van der Waals surface area contributed by atoms with Crippen molar-refractivity contribution in [2.24, 2.45) is 11.3 Å². The third kappa shape index (κ3) is 2.50. The van der Waals surface area contributed by atoms with Gasteiger partial charge in [-0.25, -0.2) is 0 Å². The van der Waals surface area contributed by atoms with Gasteiger partial charge in [0.05, 0.1) is 6.07 Å². The van der Waals surface area contributed by atoms with Crippen LogP contribution in [0.1, 0.15) is 46.5 Å². The molecule has 1 aliphatic carbocycles. The quantitative estimate of drug-likeness (QED) is 0.770. The SMILES string of the molecule is CCCC(C)NC(=O)C1(C#N)CC(C)C1. The zero-order valence-corrected chi connectivity index (χ0v) is 9.84. The first kappa shape index (κ1) is 12.0. The van der Waals surface area contributed by atoms with Gasteiger partial charge in [0, 0.05) is 6.04 Å². The highest BCUT2D eigenvalue weighted by Crippen LogP contribution is 2.45. The molecule has 0 saturated heterocycles. The average Bonchev–Trinajstić information content (AvgIpc) is 2.12. The second kappa shape index (κ2) is 4.65. The van der Waals surface area contributed by atoms with Crippen molar-refractivity contribution < 1.29 is 4.79 Å². The Kier molecular flexibility index (Phi) is 3.73. The van der Waals surface area contributed by atoms with Gasteiger partial charge in [-0.2, -0.15) is 5.26 Å². The fraction of sp³-hybridized carbons (Fsp3) is 0.833. The van der Waals surface area contributed by atoms with E-state index in [4.69, 9.17) is 5.26 Å². The lowest BCUT2D eigenvalue weighted by Crippen LogP contribution is -2.50. The fourth-order valence-electron chi connectivity index (χ4n) is 2.32. The topological polar surface area (TPSA) is 52.9 Å². The molecule has 0 spiro atoms. The maximum Gasteiger partial charge on any atom is 0.240 e. The van der Waals surface area contributed by atoms with Crippen molar-refractivity contribution in [3.8, 4) is 6.07 Å². The van der Waals surface area contributed by atoms with Gasteiger partial charge in [0.2, 0.25) is 5.91 Å². The average molecular weight is 208 g/mol. The number of rotatable bonds is 4. The van der Waals surface area contributed by atoms with Gasteiger partial charge in [-0.1, -0.05) is 20.3 Å². The highest BCUT2D eigenvalue weighted by Gasteiger charge is 2.49. The zero-order valence-electron chi connectivity index (χ0n) is 9.84. The van der Waals surface area contributed by atoms with E-state index in [9.17, 15) is 4.79 Å². The Morgan fingerprint density at radius 3 is 2.67 bits per heavy atom. The number of nitrogens with one attached hydrogen (secondary N) is 1. The number of amides is 1.